The van der Waals surface area contributed by atoms with Crippen molar-refractivity contribution in [3.05, 3.63) is 40.5 Å². The molecule has 7 nitrogen and oxygen atoms in total. The van der Waals surface area contributed by atoms with E-state index in [0.717, 1.165) is 18.9 Å². The monoisotopic (exact) mass is 326 g/mol. The summed E-state index contributed by atoms with van der Waals surface area (Å²) in [6.45, 7) is 6.43. The molecule has 1 aromatic carbocycles. The highest BCUT2D eigenvalue weighted by Gasteiger charge is 2.29. The molecule has 0 N–H and O–H groups in total. The Morgan fingerprint density at radius 1 is 1.41 bits per heavy atom. The Morgan fingerprint density at radius 2 is 2.05 bits per heavy atom. The summed E-state index contributed by atoms with van der Waals surface area (Å²) >= 11 is 0. The normalized spacial score (nSPS) is 15.7. The van der Waals surface area contributed by atoms with E-state index in [-0.39, 0.29) is 22.9 Å². The Labute approximate surface area is 129 Å². The minimum atomic E-state index is -3.69. The molecule has 0 atom stereocenters. The van der Waals surface area contributed by atoms with Crippen LogP contribution in [0.5, 0.6) is 5.75 Å². The van der Waals surface area contributed by atoms with Crippen LogP contribution in [0.15, 0.2) is 35.2 Å². The summed E-state index contributed by atoms with van der Waals surface area (Å²) < 4.78 is 31.5. The molecule has 0 amide bonds. The van der Waals surface area contributed by atoms with Gasteiger partial charge in [-0.1, -0.05) is 6.58 Å². The first-order valence-corrected chi connectivity index (χ1v) is 8.32. The summed E-state index contributed by atoms with van der Waals surface area (Å²) in [5.74, 6) is 0.0355. The molecule has 1 aromatic rings. The van der Waals surface area contributed by atoms with Crippen molar-refractivity contribution >= 4 is 15.7 Å². The van der Waals surface area contributed by atoms with Gasteiger partial charge in [0.05, 0.1) is 9.82 Å². The number of nitro groups is 1. The van der Waals surface area contributed by atoms with Gasteiger partial charge in [-0.15, -0.1) is 0 Å². The van der Waals surface area contributed by atoms with Crippen molar-refractivity contribution in [2.75, 3.05) is 19.7 Å². The van der Waals surface area contributed by atoms with Crippen molar-refractivity contribution in [3.63, 3.8) is 0 Å². The molecule has 0 saturated carbocycles. The van der Waals surface area contributed by atoms with Gasteiger partial charge in [-0.2, -0.15) is 4.31 Å². The van der Waals surface area contributed by atoms with Crippen molar-refractivity contribution < 1.29 is 18.1 Å². The second kappa shape index (κ2) is 6.45. The number of hydrogen-bond acceptors (Lipinski definition) is 5. The maximum absolute atomic E-state index is 12.4. The molecule has 0 aliphatic carbocycles. The van der Waals surface area contributed by atoms with Crippen LogP contribution in [0.4, 0.5) is 5.69 Å². The second-order valence-electron chi connectivity index (χ2n) is 5.24. The molecule has 2 rings (SSSR count). The van der Waals surface area contributed by atoms with E-state index < -0.39 is 14.9 Å². The van der Waals surface area contributed by atoms with Crippen molar-refractivity contribution in [1.29, 1.82) is 0 Å². The maximum atomic E-state index is 12.4. The average Bonchev–Trinajstić information content (AvgIpc) is 2.99. The molecule has 1 heterocycles. The van der Waals surface area contributed by atoms with Crippen LogP contribution in [-0.2, 0) is 10.0 Å². The highest BCUT2D eigenvalue weighted by Crippen LogP contribution is 2.31. The number of rotatable bonds is 6. The first-order chi connectivity index (χ1) is 10.3. The van der Waals surface area contributed by atoms with Gasteiger partial charge < -0.3 is 4.74 Å². The van der Waals surface area contributed by atoms with E-state index in [1.807, 2.05) is 0 Å². The fourth-order valence-electron chi connectivity index (χ4n) is 2.20. The number of nitro benzene ring substituents is 1. The van der Waals surface area contributed by atoms with Gasteiger partial charge in [0.15, 0.2) is 5.75 Å². The van der Waals surface area contributed by atoms with Crippen LogP contribution in [0.2, 0.25) is 0 Å². The fraction of sp³-hybridized carbons (Fsp3) is 0.429. The minimum Gasteiger partial charge on any atom is -0.482 e. The molecule has 22 heavy (non-hydrogen) atoms. The summed E-state index contributed by atoms with van der Waals surface area (Å²) in [5, 5.41) is 11.2. The maximum Gasteiger partial charge on any atom is 0.312 e. The number of sulfonamides is 1. The van der Waals surface area contributed by atoms with Gasteiger partial charge in [-0.05, 0) is 37.5 Å². The van der Waals surface area contributed by atoms with Crippen molar-refractivity contribution in [1.82, 2.24) is 4.31 Å². The third-order valence-electron chi connectivity index (χ3n) is 3.30. The lowest BCUT2D eigenvalue weighted by Crippen LogP contribution is -2.27. The third-order valence-corrected chi connectivity index (χ3v) is 5.20. The Bertz CT molecular complexity index is 693. The molecule has 0 unspecified atom stereocenters. The second-order valence-corrected chi connectivity index (χ2v) is 7.18. The number of ether oxygens (including phenoxy) is 1. The molecule has 1 fully saturated rings. The standard InChI is InChI=1S/C14H18N2O5S/c1-11(2)10-21-14-6-5-12(9-13(14)16(17)18)22(19,20)15-7-3-4-8-15/h5-6,9H,1,3-4,7-8,10H2,2H3. The third kappa shape index (κ3) is 3.45. The molecular weight excluding hydrogens is 308 g/mol. The van der Waals surface area contributed by atoms with Gasteiger partial charge in [0, 0.05) is 19.2 Å². The Hall–Kier alpha value is -1.93. The highest BCUT2D eigenvalue weighted by molar-refractivity contribution is 7.89. The van der Waals surface area contributed by atoms with Gasteiger partial charge in [0.1, 0.15) is 6.61 Å². The molecule has 1 saturated heterocycles. The molecule has 8 heteroatoms. The molecule has 0 bridgehead atoms. The van der Waals surface area contributed by atoms with Gasteiger partial charge in [0.2, 0.25) is 10.0 Å². The molecule has 0 radical (unpaired) electrons. The summed E-state index contributed by atoms with van der Waals surface area (Å²) in [7, 11) is -3.69. The minimum absolute atomic E-state index is 0.0355. The van der Waals surface area contributed by atoms with Gasteiger partial charge >= 0.3 is 5.69 Å². The van der Waals surface area contributed by atoms with E-state index in [1.165, 1.54) is 16.4 Å². The predicted octanol–water partition coefficient (Wildman–Crippen LogP) is 2.33. The van der Waals surface area contributed by atoms with Crippen LogP contribution in [0.1, 0.15) is 19.8 Å². The number of benzene rings is 1. The van der Waals surface area contributed by atoms with E-state index >= 15 is 0 Å². The van der Waals surface area contributed by atoms with Gasteiger partial charge in [-0.3, -0.25) is 10.1 Å². The van der Waals surface area contributed by atoms with Crippen LogP contribution in [-0.4, -0.2) is 37.3 Å². The van der Waals surface area contributed by atoms with Crippen molar-refractivity contribution in [3.8, 4) is 5.75 Å². The average molecular weight is 326 g/mol. The smallest absolute Gasteiger partial charge is 0.312 e. The quantitative estimate of drug-likeness (QED) is 0.455. The van der Waals surface area contributed by atoms with E-state index in [1.54, 1.807) is 6.92 Å². The summed E-state index contributed by atoms with van der Waals surface area (Å²) in [6.07, 6.45) is 1.61. The van der Waals surface area contributed by atoms with Crippen LogP contribution in [0.25, 0.3) is 0 Å². The molecular formula is C14H18N2O5S. The van der Waals surface area contributed by atoms with Crippen LogP contribution in [0.3, 0.4) is 0 Å². The Morgan fingerprint density at radius 3 is 2.59 bits per heavy atom. The Balaban J connectivity index is 2.36. The summed E-state index contributed by atoms with van der Waals surface area (Å²) in [5.41, 5.74) is 0.351. The highest BCUT2D eigenvalue weighted by atomic mass is 32.2. The molecule has 120 valence electrons. The van der Waals surface area contributed by atoms with Crippen molar-refractivity contribution in [2.45, 2.75) is 24.7 Å². The SMILES string of the molecule is C=C(C)COc1ccc(S(=O)(=O)N2CCCC2)cc1[N+](=O)[O-]. The topological polar surface area (TPSA) is 89.8 Å². The fourth-order valence-corrected chi connectivity index (χ4v) is 3.74. The molecule has 0 spiro atoms. The van der Waals surface area contributed by atoms with E-state index in [2.05, 4.69) is 6.58 Å². The van der Waals surface area contributed by atoms with Crippen LogP contribution < -0.4 is 4.74 Å². The van der Waals surface area contributed by atoms with Crippen molar-refractivity contribution in [2.24, 2.45) is 0 Å². The zero-order valence-corrected chi connectivity index (χ0v) is 13.1. The number of nitrogens with zero attached hydrogens (tertiary/aromatic N) is 2. The van der Waals surface area contributed by atoms with Gasteiger partial charge in [-0.25, -0.2) is 8.42 Å². The number of hydrogen-bond donors (Lipinski definition) is 0. The zero-order chi connectivity index (χ0) is 16.3. The lowest BCUT2D eigenvalue weighted by Gasteiger charge is -2.15. The van der Waals surface area contributed by atoms with E-state index in [0.29, 0.717) is 18.7 Å². The lowest BCUT2D eigenvalue weighted by molar-refractivity contribution is -0.386. The molecule has 1 aliphatic heterocycles. The van der Waals surface area contributed by atoms with Crippen LogP contribution >= 0.6 is 0 Å². The first-order valence-electron chi connectivity index (χ1n) is 6.88. The largest absolute Gasteiger partial charge is 0.482 e. The van der Waals surface area contributed by atoms with Gasteiger partial charge in [0.25, 0.3) is 0 Å². The summed E-state index contributed by atoms with van der Waals surface area (Å²) in [4.78, 5) is 10.4. The molecule has 1 aliphatic rings. The summed E-state index contributed by atoms with van der Waals surface area (Å²) in [6, 6.07) is 3.72. The predicted molar refractivity (Wildman–Crippen MR) is 81.4 cm³/mol. The van der Waals surface area contributed by atoms with E-state index in [9.17, 15) is 18.5 Å². The first kappa shape index (κ1) is 16.4. The zero-order valence-electron chi connectivity index (χ0n) is 12.3. The molecule has 0 aromatic heterocycles. The van der Waals surface area contributed by atoms with E-state index in [4.69, 9.17) is 4.74 Å². The van der Waals surface area contributed by atoms with Crippen LogP contribution in [0, 0.1) is 10.1 Å². The lowest BCUT2D eigenvalue weighted by atomic mass is 10.3. The Kier molecular flexibility index (Phi) is 4.82.